The maximum atomic E-state index is 12.0. The minimum Gasteiger partial charge on any atom is -0.493 e. The highest BCUT2D eigenvalue weighted by Crippen LogP contribution is 2.36. The van der Waals surface area contributed by atoms with E-state index < -0.39 is 66.8 Å². The van der Waals surface area contributed by atoms with Gasteiger partial charge in [-0.15, -0.1) is 0 Å². The highest BCUT2D eigenvalue weighted by Gasteiger charge is 2.24. The number of nitrogens with one attached hydrogen (secondary N) is 2. The lowest BCUT2D eigenvalue weighted by atomic mass is 10.0. The van der Waals surface area contributed by atoms with Crippen molar-refractivity contribution in [3.63, 3.8) is 0 Å². The number of nitrogens with two attached hydrogens (primary N) is 2. The van der Waals surface area contributed by atoms with Gasteiger partial charge in [-0.25, -0.2) is 42.1 Å². The predicted octanol–water partition coefficient (Wildman–Crippen LogP) is 13.1. The van der Waals surface area contributed by atoms with E-state index in [4.69, 9.17) is 73.6 Å². The lowest BCUT2D eigenvalue weighted by Gasteiger charge is -2.24. The normalized spacial score (nSPS) is 12.4. The maximum Gasteiger partial charge on any atom is 0.177 e. The van der Waals surface area contributed by atoms with Gasteiger partial charge in [-0.1, -0.05) is 72.8 Å². The summed E-state index contributed by atoms with van der Waals surface area (Å²) in [7, 11) is -6.92. The van der Waals surface area contributed by atoms with E-state index in [1.165, 1.54) is 50.5 Å². The lowest BCUT2D eigenvalue weighted by molar-refractivity contribution is 0.102. The van der Waals surface area contributed by atoms with E-state index in [9.17, 15) is 46.9 Å². The molecule has 0 spiro atoms. The van der Waals surface area contributed by atoms with Crippen molar-refractivity contribution in [3.8, 4) is 75.1 Å². The summed E-state index contributed by atoms with van der Waals surface area (Å²) in [5, 5.41) is 17.6. The highest BCUT2D eigenvalue weighted by atomic mass is 32.2. The Morgan fingerprint density at radius 1 is 0.395 bits per heavy atom. The third kappa shape index (κ3) is 38.3. The van der Waals surface area contributed by atoms with Crippen LogP contribution in [0.3, 0.4) is 0 Å². The Morgan fingerprint density at radius 2 is 0.731 bits per heavy atom. The molecule has 0 amide bonds. The number of benzene rings is 8. The van der Waals surface area contributed by atoms with Crippen molar-refractivity contribution in [2.75, 3.05) is 131 Å². The van der Waals surface area contributed by atoms with Gasteiger partial charge < -0.3 is 78.9 Å². The van der Waals surface area contributed by atoms with Crippen molar-refractivity contribution in [2.45, 2.75) is 79.6 Å². The van der Waals surface area contributed by atoms with Crippen LogP contribution in [0.4, 0.5) is 0 Å². The molecule has 1 unspecified atom stereocenters. The summed E-state index contributed by atoms with van der Waals surface area (Å²) >= 11 is 0. The standard InChI is InChI=1S/C20H27NO4S.C20H25NO4S.C12H19NO4S.C12H17NO4S.C12H16O5S.C10H11NO2/c2*1-5-25-20-13-17(11-12-19(20)24-3)18(14-26(4,22)23)21-15(2)16-9-7-6-8-10-16;3*1-4-17-12-7-9(5-6-11(12)16-2)10(13)8-18(3,14)15;1-3-13-10-6-8(7-11)4-5-9(10)12-2/h6-13,15,18,21H,5,14H2,1-4H3;6-15,21H,5H2,1-4H3;5-7,10H,4,8,13H2,1-3H3;5-8H,4,13H2,1-3H3;5-7H,4,8H2,1-3H3;4-6H,3H2,1-2H3/b;18-14+;;10-8+;;/t15-,18?;15-;10-;;;/m001.../s1. The lowest BCUT2D eigenvalue weighted by Crippen LogP contribution is -2.30. The molecule has 119 heavy (non-hydrogen) atoms. The van der Waals surface area contributed by atoms with Gasteiger partial charge in [0.2, 0.25) is 0 Å². The van der Waals surface area contributed by atoms with Crippen LogP contribution in [0.1, 0.15) is 129 Å². The number of nitriles is 1. The SMILES string of the molecule is CCOc1cc(/C(=C\S(C)(=O)=O)N[C@@H](C)c2ccccc2)ccc1OC.CCOc1cc(/C(N)=C\S(C)(=O)=O)ccc1OC.CCOc1cc(C#N)ccc1OC.CCOc1cc(C(=O)CS(C)(=O)=O)ccc1OC.CCOc1cc(C(CS(C)(=O)=O)N[C@@H](C)c2ccccc2)ccc1OC.CCOc1cc([C@H](N)CS(C)(=O)=O)ccc1OC. The highest BCUT2D eigenvalue weighted by molar-refractivity contribution is 7.94. The summed E-state index contributed by atoms with van der Waals surface area (Å²) < 4.78 is 178. The summed E-state index contributed by atoms with van der Waals surface area (Å²) in [6, 6.07) is 51.6. The largest absolute Gasteiger partial charge is 0.493 e. The molecule has 0 radical (unpaired) electrons. The van der Waals surface area contributed by atoms with Crippen LogP contribution in [0.15, 0.2) is 181 Å². The van der Waals surface area contributed by atoms with E-state index in [-0.39, 0.29) is 35.3 Å². The molecule has 0 heterocycles. The number of hydrogen-bond acceptors (Lipinski definition) is 28. The Hall–Kier alpha value is -10.7. The summed E-state index contributed by atoms with van der Waals surface area (Å²) in [5.74, 6) is 5.84. The topological polar surface area (TPSA) is 398 Å². The Labute approximate surface area is 703 Å². The second-order valence-electron chi connectivity index (χ2n) is 26.2. The van der Waals surface area contributed by atoms with Crippen LogP contribution >= 0.6 is 0 Å². The summed E-state index contributed by atoms with van der Waals surface area (Å²) in [6.07, 6.45) is 5.71. The zero-order valence-electron chi connectivity index (χ0n) is 71.0. The van der Waals surface area contributed by atoms with Gasteiger partial charge in [0, 0.05) is 78.2 Å². The number of ketones is 1. The average molecular weight is 1750 g/mol. The zero-order chi connectivity index (χ0) is 89.3. The predicted molar refractivity (Wildman–Crippen MR) is 469 cm³/mol. The zero-order valence-corrected chi connectivity index (χ0v) is 75.1. The number of carbonyl (C=O) groups excluding carboxylic acids is 1. The first-order chi connectivity index (χ1) is 56.1. The van der Waals surface area contributed by atoms with Gasteiger partial charge >= 0.3 is 0 Å². The number of methoxy groups -OCH3 is 6. The summed E-state index contributed by atoms with van der Waals surface area (Å²) in [5.41, 5.74) is 18.1. The van der Waals surface area contributed by atoms with Crippen molar-refractivity contribution >= 4 is 66.4 Å². The molecule has 652 valence electrons. The van der Waals surface area contributed by atoms with Crippen molar-refractivity contribution < 1.29 is 104 Å². The Bertz CT molecular complexity index is 5220. The first kappa shape index (κ1) is 102. The van der Waals surface area contributed by atoms with E-state index in [0.717, 1.165) is 34.6 Å². The molecule has 33 heteroatoms. The molecule has 8 rings (SSSR count). The average Bonchev–Trinajstić information content (AvgIpc) is 0.836. The van der Waals surface area contributed by atoms with Crippen LogP contribution in [-0.4, -0.2) is 179 Å². The van der Waals surface area contributed by atoms with Gasteiger partial charge in [0.1, 0.15) is 25.4 Å². The number of carbonyl (C=O) groups is 1. The first-order valence-corrected chi connectivity index (χ1v) is 47.5. The molecule has 0 bridgehead atoms. The van der Waals surface area contributed by atoms with Crippen LogP contribution in [0.5, 0.6) is 69.0 Å². The molecule has 0 saturated heterocycles. The van der Waals surface area contributed by atoms with Crippen molar-refractivity contribution in [1.82, 2.24) is 10.6 Å². The number of nitrogens with zero attached hydrogens (tertiary/aromatic N) is 1. The molecule has 8 aromatic rings. The third-order valence-corrected chi connectivity index (χ3v) is 20.2. The van der Waals surface area contributed by atoms with Gasteiger partial charge in [-0.05, 0) is 169 Å². The monoisotopic (exact) mass is 1750 g/mol. The number of sulfone groups is 5. The number of ether oxygens (including phenoxy) is 12. The van der Waals surface area contributed by atoms with Crippen molar-refractivity contribution in [1.29, 1.82) is 5.26 Å². The Balaban J connectivity index is 0.000000374. The molecule has 0 aliphatic carbocycles. The molecular formula is C86H115N5O23S5. The summed E-state index contributed by atoms with van der Waals surface area (Å²) in [6.45, 7) is 18.2. The molecule has 0 aliphatic heterocycles. The number of hydrogen-bond donors (Lipinski definition) is 4. The molecule has 8 aromatic carbocycles. The van der Waals surface area contributed by atoms with Gasteiger partial charge in [-0.2, -0.15) is 5.26 Å². The smallest absolute Gasteiger partial charge is 0.177 e. The molecule has 0 fully saturated rings. The summed E-state index contributed by atoms with van der Waals surface area (Å²) in [4.78, 5) is 11.7. The number of Topliss-reactive ketones (excluding diaryl/α,β-unsaturated/α-hetero) is 1. The van der Waals surface area contributed by atoms with E-state index in [1.807, 2.05) is 146 Å². The fraction of sp³-hybridized carbons (Fsp3) is 0.372. The molecule has 28 nitrogen and oxygen atoms in total. The van der Waals surface area contributed by atoms with Crippen molar-refractivity contribution in [2.24, 2.45) is 11.5 Å². The van der Waals surface area contributed by atoms with Crippen LogP contribution in [0.2, 0.25) is 0 Å². The van der Waals surface area contributed by atoms with Crippen LogP contribution in [0.25, 0.3) is 11.4 Å². The van der Waals surface area contributed by atoms with E-state index in [1.54, 1.807) is 101 Å². The minimum absolute atomic E-state index is 0.000551. The first-order valence-electron chi connectivity index (χ1n) is 37.4. The van der Waals surface area contributed by atoms with Crippen molar-refractivity contribution in [3.05, 3.63) is 225 Å². The minimum atomic E-state index is -3.34. The van der Waals surface area contributed by atoms with Crippen LogP contribution in [0, 0.1) is 11.3 Å². The van der Waals surface area contributed by atoms with Crippen LogP contribution < -0.4 is 78.9 Å². The van der Waals surface area contributed by atoms with E-state index in [0.29, 0.717) is 142 Å². The quantitative estimate of drug-likeness (QED) is 0.0263. The number of rotatable bonds is 37. The van der Waals surface area contributed by atoms with E-state index in [2.05, 4.69) is 10.6 Å². The molecular weight excluding hydrogens is 1630 g/mol. The molecule has 4 atom stereocenters. The van der Waals surface area contributed by atoms with Crippen LogP contribution in [-0.2, 0) is 49.2 Å². The fourth-order valence-corrected chi connectivity index (χ4v) is 14.5. The van der Waals surface area contributed by atoms with Gasteiger partial charge in [0.15, 0.2) is 104 Å². The Kier molecular flexibility index (Phi) is 43.8. The molecule has 6 N–H and O–H groups in total. The van der Waals surface area contributed by atoms with Gasteiger partial charge in [-0.3, -0.25) is 4.79 Å². The second kappa shape index (κ2) is 50.9. The molecule has 0 aromatic heterocycles. The van der Waals surface area contributed by atoms with Gasteiger partial charge in [0.05, 0.1) is 128 Å². The maximum absolute atomic E-state index is 12.0. The van der Waals surface area contributed by atoms with E-state index >= 15 is 0 Å². The molecule has 0 saturated carbocycles. The fourth-order valence-electron chi connectivity index (χ4n) is 10.9. The third-order valence-electron chi connectivity index (χ3n) is 16.2. The Morgan fingerprint density at radius 3 is 1.11 bits per heavy atom. The van der Waals surface area contributed by atoms with Gasteiger partial charge in [0.25, 0.3) is 0 Å². The molecule has 0 aliphatic rings. The second-order valence-corrected chi connectivity index (χ2v) is 36.5.